The van der Waals surface area contributed by atoms with Crippen molar-refractivity contribution in [3.63, 3.8) is 0 Å². The second-order valence-corrected chi connectivity index (χ2v) is 6.64. The number of carbonyl (C=O) groups is 1. The Hall–Kier alpha value is -2.81. The van der Waals surface area contributed by atoms with Gasteiger partial charge in [0.25, 0.3) is 0 Å². The Morgan fingerprint density at radius 1 is 1.61 bits per heavy atom. The van der Waals surface area contributed by atoms with E-state index in [0.29, 0.717) is 0 Å². The SMILES string of the molecule is C#C[C@]1(COCOC(=O)C(C)C)O[C@@H](n2cnc3c(N)nc(F)nc32)C[C@@H]1O. The summed E-state index contributed by atoms with van der Waals surface area (Å²) in [7, 11) is 0. The number of nitrogen functional groups attached to an aromatic ring is 1. The maximum absolute atomic E-state index is 13.5. The normalized spacial score (nSPS) is 24.6. The lowest BCUT2D eigenvalue weighted by Crippen LogP contribution is -2.43. The molecule has 1 aliphatic heterocycles. The van der Waals surface area contributed by atoms with Gasteiger partial charge in [0.15, 0.2) is 29.4 Å². The molecular weight excluding hydrogens is 373 g/mol. The van der Waals surface area contributed by atoms with E-state index in [1.54, 1.807) is 13.8 Å². The van der Waals surface area contributed by atoms with Crippen LogP contribution in [0.4, 0.5) is 10.2 Å². The van der Waals surface area contributed by atoms with Crippen molar-refractivity contribution in [3.05, 3.63) is 12.4 Å². The lowest BCUT2D eigenvalue weighted by atomic mass is 9.99. The maximum atomic E-state index is 13.5. The van der Waals surface area contributed by atoms with Gasteiger partial charge >= 0.3 is 12.0 Å². The zero-order chi connectivity index (χ0) is 20.5. The van der Waals surface area contributed by atoms with Gasteiger partial charge in [-0.05, 0) is 0 Å². The fourth-order valence-electron chi connectivity index (χ4n) is 2.80. The standard InChI is InChI=1S/C17H20FN5O5/c1-4-17(6-26-8-27-15(25)9(2)3)10(24)5-11(28-17)23-7-20-12-13(19)21-16(18)22-14(12)23/h1,7,9-11,24H,5-6,8H2,2-3H3,(H2,19,21,22)/t10-,11+,17+/m0/s1. The molecule has 0 aliphatic carbocycles. The molecule has 3 rings (SSSR count). The average molecular weight is 393 g/mol. The van der Waals surface area contributed by atoms with Gasteiger partial charge in [0, 0.05) is 6.42 Å². The number of hydrogen-bond acceptors (Lipinski definition) is 9. The van der Waals surface area contributed by atoms with Crippen LogP contribution in [0, 0.1) is 24.3 Å². The number of rotatable bonds is 6. The average Bonchev–Trinajstić information content (AvgIpc) is 3.20. The molecule has 11 heteroatoms. The van der Waals surface area contributed by atoms with Gasteiger partial charge in [-0.25, -0.2) is 4.98 Å². The molecule has 0 unspecified atom stereocenters. The van der Waals surface area contributed by atoms with Gasteiger partial charge in [-0.15, -0.1) is 6.42 Å². The van der Waals surface area contributed by atoms with E-state index in [9.17, 15) is 14.3 Å². The number of terminal acetylenes is 1. The molecule has 3 atom stereocenters. The van der Waals surface area contributed by atoms with Crippen LogP contribution in [0.2, 0.25) is 0 Å². The molecule has 2 aromatic heterocycles. The number of nitrogens with zero attached hydrogens (tertiary/aromatic N) is 4. The van der Waals surface area contributed by atoms with Gasteiger partial charge in [0.05, 0.1) is 18.9 Å². The van der Waals surface area contributed by atoms with Crippen molar-refractivity contribution in [3.8, 4) is 12.3 Å². The fourth-order valence-corrected chi connectivity index (χ4v) is 2.80. The number of aliphatic hydroxyl groups is 1. The predicted octanol–water partition coefficient (Wildman–Crippen LogP) is 0.373. The number of halogens is 1. The molecule has 10 nitrogen and oxygen atoms in total. The summed E-state index contributed by atoms with van der Waals surface area (Å²) in [5.74, 6) is 1.56. The minimum Gasteiger partial charge on any atom is -0.438 e. The van der Waals surface area contributed by atoms with E-state index >= 15 is 0 Å². The second kappa shape index (κ2) is 7.67. The third kappa shape index (κ3) is 3.62. The monoisotopic (exact) mass is 393 g/mol. The summed E-state index contributed by atoms with van der Waals surface area (Å²) in [5, 5.41) is 10.5. The molecule has 2 aromatic rings. The molecular formula is C17H20FN5O5. The highest BCUT2D eigenvalue weighted by atomic mass is 19.1. The second-order valence-electron chi connectivity index (χ2n) is 6.64. The van der Waals surface area contributed by atoms with Crippen molar-refractivity contribution in [2.24, 2.45) is 5.92 Å². The Morgan fingerprint density at radius 3 is 3.04 bits per heavy atom. The van der Waals surface area contributed by atoms with Crippen LogP contribution in [0.5, 0.6) is 0 Å². The van der Waals surface area contributed by atoms with Crippen LogP contribution in [0.25, 0.3) is 11.2 Å². The molecule has 0 aromatic carbocycles. The number of ether oxygens (including phenoxy) is 3. The van der Waals surface area contributed by atoms with Gasteiger partial charge in [0.1, 0.15) is 12.3 Å². The van der Waals surface area contributed by atoms with Crippen LogP contribution in [-0.2, 0) is 19.0 Å². The van der Waals surface area contributed by atoms with Crippen molar-refractivity contribution in [1.82, 2.24) is 19.5 Å². The molecule has 1 aliphatic rings. The van der Waals surface area contributed by atoms with Crippen LogP contribution in [-0.4, -0.2) is 55.7 Å². The summed E-state index contributed by atoms with van der Waals surface area (Å²) in [6, 6.07) is 0. The Labute approximate surface area is 159 Å². The lowest BCUT2D eigenvalue weighted by Gasteiger charge is -2.26. The van der Waals surface area contributed by atoms with Crippen molar-refractivity contribution >= 4 is 23.0 Å². The first-order chi connectivity index (χ1) is 13.3. The van der Waals surface area contributed by atoms with Gasteiger partial charge < -0.3 is 25.1 Å². The highest BCUT2D eigenvalue weighted by Gasteiger charge is 2.48. The number of esters is 1. The number of hydrogen-bond donors (Lipinski definition) is 2. The first kappa shape index (κ1) is 19.9. The number of fused-ring (bicyclic) bond motifs is 1. The van der Waals surface area contributed by atoms with Gasteiger partial charge in [-0.2, -0.15) is 14.4 Å². The summed E-state index contributed by atoms with van der Waals surface area (Å²) >= 11 is 0. The van der Waals surface area contributed by atoms with E-state index in [1.165, 1.54) is 10.9 Å². The van der Waals surface area contributed by atoms with Crippen LogP contribution >= 0.6 is 0 Å². The van der Waals surface area contributed by atoms with Gasteiger partial charge in [-0.1, -0.05) is 19.8 Å². The molecule has 0 amide bonds. The third-order valence-electron chi connectivity index (χ3n) is 4.36. The summed E-state index contributed by atoms with van der Waals surface area (Å²) in [5.41, 5.74) is 4.48. The molecule has 3 N–H and O–H groups in total. The third-order valence-corrected chi connectivity index (χ3v) is 4.36. The molecule has 1 fully saturated rings. The molecule has 0 bridgehead atoms. The molecule has 150 valence electrons. The number of nitrogens with two attached hydrogens (primary N) is 1. The largest absolute Gasteiger partial charge is 0.438 e. The topological polar surface area (TPSA) is 135 Å². The Morgan fingerprint density at radius 2 is 2.36 bits per heavy atom. The molecule has 0 saturated carbocycles. The minimum atomic E-state index is -1.48. The van der Waals surface area contributed by atoms with Gasteiger partial charge in [0.2, 0.25) is 0 Å². The fraction of sp³-hybridized carbons (Fsp3) is 0.529. The number of anilines is 1. The highest BCUT2D eigenvalue weighted by molar-refractivity contribution is 5.81. The lowest BCUT2D eigenvalue weighted by molar-refractivity contribution is -0.170. The zero-order valence-corrected chi connectivity index (χ0v) is 15.3. The number of carbonyl (C=O) groups excluding carboxylic acids is 1. The Bertz CT molecular complexity index is 927. The van der Waals surface area contributed by atoms with E-state index in [4.69, 9.17) is 26.4 Å². The van der Waals surface area contributed by atoms with Crippen molar-refractivity contribution < 1.29 is 28.5 Å². The first-order valence-electron chi connectivity index (χ1n) is 8.51. The van der Waals surface area contributed by atoms with Crippen LogP contribution < -0.4 is 5.73 Å². The number of imidazole rings is 1. The van der Waals surface area contributed by atoms with E-state index in [1.807, 2.05) is 0 Å². The van der Waals surface area contributed by atoms with Crippen molar-refractivity contribution in [2.75, 3.05) is 19.1 Å². The zero-order valence-electron chi connectivity index (χ0n) is 15.3. The highest BCUT2D eigenvalue weighted by Crippen LogP contribution is 2.38. The van der Waals surface area contributed by atoms with Crippen molar-refractivity contribution in [2.45, 2.75) is 38.2 Å². The predicted molar refractivity (Wildman–Crippen MR) is 93.8 cm³/mol. The first-order valence-corrected chi connectivity index (χ1v) is 8.51. The summed E-state index contributed by atoms with van der Waals surface area (Å²) in [6.45, 7) is 2.83. The molecule has 3 heterocycles. The Balaban J connectivity index is 1.74. The van der Waals surface area contributed by atoms with E-state index in [2.05, 4.69) is 20.9 Å². The van der Waals surface area contributed by atoms with Crippen LogP contribution in [0.3, 0.4) is 0 Å². The van der Waals surface area contributed by atoms with Crippen LogP contribution in [0.15, 0.2) is 6.33 Å². The van der Waals surface area contributed by atoms with Crippen molar-refractivity contribution in [1.29, 1.82) is 0 Å². The number of aliphatic hydroxyl groups excluding tert-OH is 1. The Kier molecular flexibility index (Phi) is 5.46. The summed E-state index contributed by atoms with van der Waals surface area (Å²) in [6.07, 6.45) is 4.12. The molecule has 1 saturated heterocycles. The quantitative estimate of drug-likeness (QED) is 0.235. The molecule has 0 radical (unpaired) electrons. The minimum absolute atomic E-state index is 0.0797. The van der Waals surface area contributed by atoms with Gasteiger partial charge in [-0.3, -0.25) is 9.36 Å². The smallest absolute Gasteiger partial charge is 0.312 e. The maximum Gasteiger partial charge on any atom is 0.312 e. The summed E-state index contributed by atoms with van der Waals surface area (Å²) in [4.78, 5) is 22.6. The molecule has 0 spiro atoms. The van der Waals surface area contributed by atoms with E-state index in [0.717, 1.165) is 0 Å². The summed E-state index contributed by atoms with van der Waals surface area (Å²) < 4.78 is 31.0. The molecule has 28 heavy (non-hydrogen) atoms. The van der Waals surface area contributed by atoms with E-state index in [-0.39, 0.29) is 42.7 Å². The number of aromatic nitrogens is 4. The van der Waals surface area contributed by atoms with E-state index < -0.39 is 30.0 Å². The van der Waals surface area contributed by atoms with Crippen LogP contribution in [0.1, 0.15) is 26.5 Å².